The summed E-state index contributed by atoms with van der Waals surface area (Å²) in [5, 5.41) is 0. The van der Waals surface area contributed by atoms with Crippen LogP contribution in [0.3, 0.4) is 0 Å². The fourth-order valence-corrected chi connectivity index (χ4v) is 2.32. The summed E-state index contributed by atoms with van der Waals surface area (Å²) in [5.74, 6) is 2.21. The van der Waals surface area contributed by atoms with Gasteiger partial charge in [-0.3, -0.25) is 0 Å². The maximum Gasteiger partial charge on any atom is 0.141 e. The number of hydrogen-bond donors (Lipinski definition) is 1. The fourth-order valence-electron chi connectivity index (χ4n) is 2.32. The first-order chi connectivity index (χ1) is 9.42. The van der Waals surface area contributed by atoms with E-state index in [9.17, 15) is 0 Å². The molecule has 0 aliphatic rings. The third kappa shape index (κ3) is 2.74. The Kier molecular flexibility index (Phi) is 3.93. The number of benzene rings is 1. The lowest BCUT2D eigenvalue weighted by Crippen LogP contribution is -2.16. The van der Waals surface area contributed by atoms with Crippen LogP contribution in [-0.4, -0.2) is 17.0 Å². The third-order valence-corrected chi connectivity index (χ3v) is 3.43. The van der Waals surface area contributed by atoms with Crippen molar-refractivity contribution in [2.45, 2.75) is 34.1 Å². The van der Waals surface area contributed by atoms with E-state index in [1.54, 1.807) is 0 Å². The van der Waals surface area contributed by atoms with Crippen molar-refractivity contribution < 1.29 is 0 Å². The molecule has 0 aliphatic carbocycles. The predicted octanol–water partition coefficient (Wildman–Crippen LogP) is 3.31. The standard InChI is InChI=1S/C16H22N4/c1-6-14-18-15(17)12(4)16(19-14)20(5)13-8-10(2)7-11(3)9-13/h7-9H,6H2,1-5H3,(H2,17,18,19). The number of nitrogen functional groups attached to an aromatic ring is 1. The Morgan fingerprint density at radius 1 is 1.05 bits per heavy atom. The monoisotopic (exact) mass is 270 g/mol. The van der Waals surface area contributed by atoms with Gasteiger partial charge in [-0.05, 0) is 44.0 Å². The zero-order valence-corrected chi connectivity index (χ0v) is 12.9. The van der Waals surface area contributed by atoms with Gasteiger partial charge in [0.25, 0.3) is 0 Å². The van der Waals surface area contributed by atoms with Crippen molar-refractivity contribution in [2.75, 3.05) is 17.7 Å². The summed E-state index contributed by atoms with van der Waals surface area (Å²) in [4.78, 5) is 11.0. The topological polar surface area (TPSA) is 55.0 Å². The van der Waals surface area contributed by atoms with Crippen LogP contribution >= 0.6 is 0 Å². The molecule has 0 saturated carbocycles. The number of anilines is 3. The third-order valence-electron chi connectivity index (χ3n) is 3.43. The van der Waals surface area contributed by atoms with E-state index < -0.39 is 0 Å². The minimum Gasteiger partial charge on any atom is -0.383 e. The highest BCUT2D eigenvalue weighted by Crippen LogP contribution is 2.28. The van der Waals surface area contributed by atoms with E-state index in [4.69, 9.17) is 5.73 Å². The maximum atomic E-state index is 5.99. The van der Waals surface area contributed by atoms with Gasteiger partial charge < -0.3 is 10.6 Å². The summed E-state index contributed by atoms with van der Waals surface area (Å²) >= 11 is 0. The van der Waals surface area contributed by atoms with Gasteiger partial charge in [-0.1, -0.05) is 13.0 Å². The molecule has 4 nitrogen and oxygen atoms in total. The lowest BCUT2D eigenvalue weighted by molar-refractivity contribution is 0.920. The van der Waals surface area contributed by atoms with Gasteiger partial charge in [0.2, 0.25) is 0 Å². The van der Waals surface area contributed by atoms with Gasteiger partial charge in [-0.15, -0.1) is 0 Å². The van der Waals surface area contributed by atoms with Crippen molar-refractivity contribution in [2.24, 2.45) is 0 Å². The number of nitrogens with zero attached hydrogens (tertiary/aromatic N) is 3. The average Bonchev–Trinajstić information content (AvgIpc) is 2.39. The molecule has 2 aromatic rings. The molecule has 1 heterocycles. The molecule has 0 radical (unpaired) electrons. The Morgan fingerprint density at radius 3 is 2.20 bits per heavy atom. The first kappa shape index (κ1) is 14.3. The van der Waals surface area contributed by atoms with Crippen molar-refractivity contribution >= 4 is 17.3 Å². The van der Waals surface area contributed by atoms with Crippen LogP contribution < -0.4 is 10.6 Å². The Hall–Kier alpha value is -2.10. The number of aromatic nitrogens is 2. The molecule has 2 N–H and O–H groups in total. The minimum atomic E-state index is 0.558. The molecule has 1 aromatic carbocycles. The Morgan fingerprint density at radius 2 is 1.65 bits per heavy atom. The zero-order chi connectivity index (χ0) is 14.9. The Bertz CT molecular complexity index is 614. The molecule has 106 valence electrons. The van der Waals surface area contributed by atoms with E-state index in [-0.39, 0.29) is 0 Å². The van der Waals surface area contributed by atoms with Crippen LogP contribution in [0.1, 0.15) is 29.4 Å². The van der Waals surface area contributed by atoms with E-state index >= 15 is 0 Å². The SMILES string of the molecule is CCc1nc(N)c(C)c(N(C)c2cc(C)cc(C)c2)n1. The molecule has 0 saturated heterocycles. The zero-order valence-electron chi connectivity index (χ0n) is 12.9. The van der Waals surface area contributed by atoms with Gasteiger partial charge in [0.05, 0.1) is 0 Å². The molecule has 4 heteroatoms. The molecule has 0 fully saturated rings. The molecule has 0 bridgehead atoms. The van der Waals surface area contributed by atoms with E-state index in [0.29, 0.717) is 5.82 Å². The van der Waals surface area contributed by atoms with Gasteiger partial charge in [0.1, 0.15) is 17.5 Å². The van der Waals surface area contributed by atoms with E-state index in [0.717, 1.165) is 29.3 Å². The molecular weight excluding hydrogens is 248 g/mol. The fraction of sp³-hybridized carbons (Fsp3) is 0.375. The van der Waals surface area contributed by atoms with Crippen LogP contribution in [-0.2, 0) is 6.42 Å². The maximum absolute atomic E-state index is 5.99. The summed E-state index contributed by atoms with van der Waals surface area (Å²) in [6, 6.07) is 6.46. The van der Waals surface area contributed by atoms with Crippen LogP contribution in [0.5, 0.6) is 0 Å². The summed E-state index contributed by atoms with van der Waals surface area (Å²) in [6.07, 6.45) is 0.776. The van der Waals surface area contributed by atoms with Gasteiger partial charge in [0, 0.05) is 24.7 Å². The van der Waals surface area contributed by atoms with Crippen LogP contribution in [0.15, 0.2) is 18.2 Å². The Labute approximate surface area is 120 Å². The van der Waals surface area contributed by atoms with E-state index in [1.165, 1.54) is 11.1 Å². The normalized spacial score (nSPS) is 10.7. The van der Waals surface area contributed by atoms with Crippen molar-refractivity contribution in [1.82, 2.24) is 9.97 Å². The summed E-state index contributed by atoms with van der Waals surface area (Å²) < 4.78 is 0. The molecule has 2 rings (SSSR count). The smallest absolute Gasteiger partial charge is 0.141 e. The van der Waals surface area contributed by atoms with Gasteiger partial charge >= 0.3 is 0 Å². The van der Waals surface area contributed by atoms with E-state index in [1.807, 2.05) is 20.9 Å². The molecule has 0 amide bonds. The number of nitrogens with two attached hydrogens (primary N) is 1. The van der Waals surface area contributed by atoms with Crippen LogP contribution in [0.4, 0.5) is 17.3 Å². The molecule has 20 heavy (non-hydrogen) atoms. The summed E-state index contributed by atoms with van der Waals surface area (Å²) in [5.41, 5.74) is 10.5. The second-order valence-corrected chi connectivity index (χ2v) is 5.23. The lowest BCUT2D eigenvalue weighted by Gasteiger charge is -2.22. The van der Waals surface area contributed by atoms with Gasteiger partial charge in [-0.25, -0.2) is 9.97 Å². The molecule has 0 atom stereocenters. The molecular formula is C16H22N4. The summed E-state index contributed by atoms with van der Waals surface area (Å²) in [7, 11) is 2.02. The second kappa shape index (κ2) is 5.49. The minimum absolute atomic E-state index is 0.558. The van der Waals surface area contributed by atoms with Gasteiger partial charge in [-0.2, -0.15) is 0 Å². The second-order valence-electron chi connectivity index (χ2n) is 5.23. The number of rotatable bonds is 3. The van der Waals surface area contributed by atoms with Gasteiger partial charge in [0.15, 0.2) is 0 Å². The van der Waals surface area contributed by atoms with Crippen LogP contribution in [0.25, 0.3) is 0 Å². The first-order valence-electron chi connectivity index (χ1n) is 6.87. The lowest BCUT2D eigenvalue weighted by atomic mass is 10.1. The molecule has 1 aromatic heterocycles. The number of aryl methyl sites for hydroxylation is 3. The van der Waals surface area contributed by atoms with Crippen molar-refractivity contribution in [3.05, 3.63) is 40.7 Å². The molecule has 0 spiro atoms. The number of hydrogen-bond acceptors (Lipinski definition) is 4. The molecule has 0 unspecified atom stereocenters. The highest BCUT2D eigenvalue weighted by molar-refractivity contribution is 5.66. The van der Waals surface area contributed by atoms with Crippen molar-refractivity contribution in [3.63, 3.8) is 0 Å². The highest BCUT2D eigenvalue weighted by Gasteiger charge is 2.14. The van der Waals surface area contributed by atoms with E-state index in [2.05, 4.69) is 46.9 Å². The quantitative estimate of drug-likeness (QED) is 0.929. The Balaban J connectivity index is 2.52. The summed E-state index contributed by atoms with van der Waals surface area (Å²) in [6.45, 7) is 8.19. The average molecular weight is 270 g/mol. The van der Waals surface area contributed by atoms with Crippen molar-refractivity contribution in [1.29, 1.82) is 0 Å². The largest absolute Gasteiger partial charge is 0.383 e. The van der Waals surface area contributed by atoms with Crippen LogP contribution in [0, 0.1) is 20.8 Å². The highest BCUT2D eigenvalue weighted by atomic mass is 15.2. The molecule has 0 aliphatic heterocycles. The first-order valence-corrected chi connectivity index (χ1v) is 6.87. The van der Waals surface area contributed by atoms with Crippen molar-refractivity contribution in [3.8, 4) is 0 Å². The van der Waals surface area contributed by atoms with Crippen LogP contribution in [0.2, 0.25) is 0 Å². The predicted molar refractivity (Wildman–Crippen MR) is 84.5 cm³/mol.